The molecule has 0 saturated heterocycles. The minimum absolute atomic E-state index is 0.0808. The molecule has 0 aliphatic rings. The van der Waals surface area contributed by atoms with Crippen molar-refractivity contribution in [1.29, 1.82) is 0 Å². The first-order valence-electron chi connectivity index (χ1n) is 6.76. The Bertz CT molecular complexity index is 489. The molecule has 1 rings (SSSR count). The van der Waals surface area contributed by atoms with Crippen molar-refractivity contribution in [2.75, 3.05) is 21.3 Å². The Morgan fingerprint density at radius 3 is 2.10 bits per heavy atom. The fourth-order valence-corrected chi connectivity index (χ4v) is 1.83. The highest BCUT2D eigenvalue weighted by atomic mass is 16.5. The van der Waals surface area contributed by atoms with Gasteiger partial charge in [0.15, 0.2) is 11.5 Å². The van der Waals surface area contributed by atoms with E-state index in [9.17, 15) is 4.79 Å². The van der Waals surface area contributed by atoms with Crippen LogP contribution < -0.4 is 25.3 Å². The maximum Gasteiger partial charge on any atom is 0.237 e. The van der Waals surface area contributed by atoms with Gasteiger partial charge in [-0.15, -0.1) is 0 Å². The quantitative estimate of drug-likeness (QED) is 0.793. The summed E-state index contributed by atoms with van der Waals surface area (Å²) in [7, 11) is 4.67. The summed E-state index contributed by atoms with van der Waals surface area (Å²) in [5, 5.41) is 2.80. The molecule has 1 atom stereocenters. The number of hydrogen-bond donors (Lipinski definition) is 2. The van der Waals surface area contributed by atoms with E-state index in [-0.39, 0.29) is 11.8 Å². The summed E-state index contributed by atoms with van der Waals surface area (Å²) in [6, 6.07) is 2.97. The molecule has 6 heteroatoms. The van der Waals surface area contributed by atoms with E-state index in [0.717, 1.165) is 5.56 Å². The zero-order valence-electron chi connectivity index (χ0n) is 13.2. The maximum atomic E-state index is 11.9. The number of carbonyl (C=O) groups is 1. The molecule has 0 radical (unpaired) electrons. The van der Waals surface area contributed by atoms with Crippen LogP contribution in [0.3, 0.4) is 0 Å². The topological polar surface area (TPSA) is 82.8 Å². The van der Waals surface area contributed by atoms with Crippen molar-refractivity contribution in [2.24, 2.45) is 11.7 Å². The second-order valence-electron chi connectivity index (χ2n) is 5.01. The first kappa shape index (κ1) is 17.1. The fourth-order valence-electron chi connectivity index (χ4n) is 1.83. The van der Waals surface area contributed by atoms with E-state index >= 15 is 0 Å². The molecule has 118 valence electrons. The molecule has 3 N–H and O–H groups in total. The second-order valence-corrected chi connectivity index (χ2v) is 5.01. The Kier molecular flexibility index (Phi) is 6.30. The molecule has 21 heavy (non-hydrogen) atoms. The standard InChI is InChI=1S/C15H24N2O4/c1-9(2)14(16)15(18)17-8-10-6-12(20-4)13(21-5)7-11(10)19-3/h6-7,9,14H,8,16H2,1-5H3,(H,17,18)/t14-/m1/s1. The molecule has 1 amide bonds. The van der Waals surface area contributed by atoms with Gasteiger partial charge in [-0.2, -0.15) is 0 Å². The fraction of sp³-hybridized carbons (Fsp3) is 0.533. The number of benzene rings is 1. The van der Waals surface area contributed by atoms with Crippen LogP contribution in [0, 0.1) is 5.92 Å². The van der Waals surface area contributed by atoms with Crippen LogP contribution in [0.5, 0.6) is 17.2 Å². The SMILES string of the molecule is COc1cc(OC)c(OC)cc1CNC(=O)[C@H](N)C(C)C. The lowest BCUT2D eigenvalue weighted by Gasteiger charge is -2.17. The van der Waals surface area contributed by atoms with Gasteiger partial charge in [0, 0.05) is 18.2 Å². The third-order valence-corrected chi connectivity index (χ3v) is 3.26. The number of ether oxygens (including phenoxy) is 3. The number of nitrogens with one attached hydrogen (secondary N) is 1. The summed E-state index contributed by atoms with van der Waals surface area (Å²) in [5.74, 6) is 1.66. The first-order chi connectivity index (χ1) is 9.94. The second kappa shape index (κ2) is 7.73. The molecule has 0 aliphatic heterocycles. The molecule has 0 saturated carbocycles. The third-order valence-electron chi connectivity index (χ3n) is 3.26. The molecule has 6 nitrogen and oxygen atoms in total. The van der Waals surface area contributed by atoms with E-state index in [4.69, 9.17) is 19.9 Å². The van der Waals surface area contributed by atoms with Crippen molar-refractivity contribution in [2.45, 2.75) is 26.4 Å². The van der Waals surface area contributed by atoms with Crippen molar-refractivity contribution in [3.8, 4) is 17.2 Å². The Hall–Kier alpha value is -1.95. The highest BCUT2D eigenvalue weighted by molar-refractivity contribution is 5.81. The zero-order chi connectivity index (χ0) is 16.0. The number of carbonyl (C=O) groups excluding carboxylic acids is 1. The van der Waals surface area contributed by atoms with Crippen LogP contribution in [0.2, 0.25) is 0 Å². The minimum Gasteiger partial charge on any atom is -0.496 e. The maximum absolute atomic E-state index is 11.9. The van der Waals surface area contributed by atoms with Gasteiger partial charge in [0.2, 0.25) is 5.91 Å². The van der Waals surface area contributed by atoms with E-state index in [1.54, 1.807) is 33.5 Å². The highest BCUT2D eigenvalue weighted by Crippen LogP contribution is 2.34. The van der Waals surface area contributed by atoms with Crippen LogP contribution in [0.4, 0.5) is 0 Å². The van der Waals surface area contributed by atoms with Gasteiger partial charge in [0.25, 0.3) is 0 Å². The van der Waals surface area contributed by atoms with Gasteiger partial charge in [0.1, 0.15) is 5.75 Å². The largest absolute Gasteiger partial charge is 0.496 e. The van der Waals surface area contributed by atoms with E-state index in [0.29, 0.717) is 23.8 Å². The summed E-state index contributed by atoms with van der Waals surface area (Å²) < 4.78 is 15.8. The van der Waals surface area contributed by atoms with Gasteiger partial charge in [-0.1, -0.05) is 13.8 Å². The molecule has 0 aliphatic carbocycles. The minimum atomic E-state index is -0.531. The van der Waals surface area contributed by atoms with Crippen molar-refractivity contribution in [3.63, 3.8) is 0 Å². The molecule has 0 unspecified atom stereocenters. The molecular weight excluding hydrogens is 272 g/mol. The highest BCUT2D eigenvalue weighted by Gasteiger charge is 2.18. The van der Waals surface area contributed by atoms with E-state index in [2.05, 4.69) is 5.32 Å². The lowest BCUT2D eigenvalue weighted by molar-refractivity contribution is -0.123. The van der Waals surface area contributed by atoms with Gasteiger partial charge in [-0.25, -0.2) is 0 Å². The lowest BCUT2D eigenvalue weighted by Crippen LogP contribution is -2.43. The van der Waals surface area contributed by atoms with Crippen LogP contribution >= 0.6 is 0 Å². The van der Waals surface area contributed by atoms with E-state index in [1.165, 1.54) is 0 Å². The average Bonchev–Trinajstić information content (AvgIpc) is 2.50. The first-order valence-corrected chi connectivity index (χ1v) is 6.76. The molecule has 0 fully saturated rings. The van der Waals surface area contributed by atoms with Crippen LogP contribution in [0.1, 0.15) is 19.4 Å². The normalized spacial score (nSPS) is 12.0. The number of nitrogens with two attached hydrogens (primary N) is 1. The monoisotopic (exact) mass is 296 g/mol. The number of rotatable bonds is 7. The van der Waals surface area contributed by atoms with Crippen LogP contribution in [0.15, 0.2) is 12.1 Å². The Morgan fingerprint density at radius 1 is 1.10 bits per heavy atom. The molecule has 1 aromatic rings. The Labute approximate surface area is 125 Å². The summed E-state index contributed by atoms with van der Waals surface area (Å²) in [6.07, 6.45) is 0. The van der Waals surface area contributed by atoms with Crippen molar-refractivity contribution in [1.82, 2.24) is 5.32 Å². The Morgan fingerprint density at radius 2 is 1.62 bits per heavy atom. The molecule has 0 spiro atoms. The Balaban J connectivity index is 2.90. The molecule has 0 bridgehead atoms. The van der Waals surface area contributed by atoms with Gasteiger partial charge < -0.3 is 25.3 Å². The summed E-state index contributed by atoms with van der Waals surface area (Å²) in [4.78, 5) is 11.9. The molecular formula is C15H24N2O4. The van der Waals surface area contributed by atoms with Crippen molar-refractivity contribution < 1.29 is 19.0 Å². The van der Waals surface area contributed by atoms with Gasteiger partial charge in [-0.05, 0) is 12.0 Å². The zero-order valence-corrected chi connectivity index (χ0v) is 13.2. The van der Waals surface area contributed by atoms with Crippen molar-refractivity contribution >= 4 is 5.91 Å². The van der Waals surface area contributed by atoms with Crippen LogP contribution in [-0.4, -0.2) is 33.3 Å². The van der Waals surface area contributed by atoms with Crippen LogP contribution in [0.25, 0.3) is 0 Å². The van der Waals surface area contributed by atoms with E-state index < -0.39 is 6.04 Å². The van der Waals surface area contributed by atoms with E-state index in [1.807, 2.05) is 13.8 Å². The average molecular weight is 296 g/mol. The predicted octanol–water partition coefficient (Wildman–Crippen LogP) is 1.31. The van der Waals surface area contributed by atoms with Crippen LogP contribution in [-0.2, 0) is 11.3 Å². The number of methoxy groups -OCH3 is 3. The lowest BCUT2D eigenvalue weighted by atomic mass is 10.0. The third kappa shape index (κ3) is 4.26. The summed E-state index contributed by atoms with van der Waals surface area (Å²) in [5.41, 5.74) is 6.60. The summed E-state index contributed by atoms with van der Waals surface area (Å²) >= 11 is 0. The molecule has 0 heterocycles. The van der Waals surface area contributed by atoms with Gasteiger partial charge in [-0.3, -0.25) is 4.79 Å². The van der Waals surface area contributed by atoms with Crippen molar-refractivity contribution in [3.05, 3.63) is 17.7 Å². The number of amides is 1. The van der Waals surface area contributed by atoms with Gasteiger partial charge in [0.05, 0.1) is 27.4 Å². The molecule has 1 aromatic carbocycles. The van der Waals surface area contributed by atoms with Gasteiger partial charge >= 0.3 is 0 Å². The summed E-state index contributed by atoms with van der Waals surface area (Å²) in [6.45, 7) is 4.12. The smallest absolute Gasteiger partial charge is 0.237 e. The number of hydrogen-bond acceptors (Lipinski definition) is 5. The molecule has 0 aromatic heterocycles. The predicted molar refractivity (Wildman–Crippen MR) is 80.8 cm³/mol.